The van der Waals surface area contributed by atoms with E-state index in [1.54, 1.807) is 0 Å². The van der Waals surface area contributed by atoms with Crippen molar-refractivity contribution in [1.29, 1.82) is 5.26 Å². The van der Waals surface area contributed by atoms with E-state index in [9.17, 15) is 5.26 Å². The Morgan fingerprint density at radius 3 is 2.57 bits per heavy atom. The van der Waals surface area contributed by atoms with Crippen molar-refractivity contribution in [2.75, 3.05) is 11.5 Å². The summed E-state index contributed by atoms with van der Waals surface area (Å²) in [6.45, 7) is 2.00. The van der Waals surface area contributed by atoms with Crippen LogP contribution in [0.2, 0.25) is 0 Å². The number of fused-ring (bicyclic) bond motifs is 1. The van der Waals surface area contributed by atoms with Crippen LogP contribution in [0.4, 0.5) is 11.6 Å². The van der Waals surface area contributed by atoms with Crippen LogP contribution in [0.1, 0.15) is 24.1 Å². The second-order valence-electron chi connectivity index (χ2n) is 4.79. The molecule has 1 aromatic carbocycles. The van der Waals surface area contributed by atoms with Crippen LogP contribution in [0.25, 0.3) is 11.0 Å². The van der Waals surface area contributed by atoms with Gasteiger partial charge in [0.15, 0.2) is 0 Å². The normalized spacial score (nSPS) is 12.2. The summed E-state index contributed by atoms with van der Waals surface area (Å²) in [6, 6.07) is 11.9. The third kappa shape index (κ3) is 1.87. The van der Waals surface area contributed by atoms with Crippen molar-refractivity contribution >= 4 is 22.7 Å². The van der Waals surface area contributed by atoms with Crippen LogP contribution < -0.4 is 11.5 Å². The summed E-state index contributed by atoms with van der Waals surface area (Å²) in [4.78, 5) is 8.21. The van der Waals surface area contributed by atoms with E-state index < -0.39 is 0 Å². The van der Waals surface area contributed by atoms with Crippen LogP contribution in [0, 0.1) is 11.3 Å². The summed E-state index contributed by atoms with van der Waals surface area (Å²) < 4.78 is 1.82. The fourth-order valence-corrected chi connectivity index (χ4v) is 2.56. The summed E-state index contributed by atoms with van der Waals surface area (Å²) in [5, 5.41) is 9.87. The second kappa shape index (κ2) is 4.80. The molecular weight excluding hydrogens is 264 g/mol. The minimum atomic E-state index is -0.0647. The number of rotatable bonds is 2. The number of anilines is 2. The highest BCUT2D eigenvalue weighted by atomic mass is 15.1. The monoisotopic (exact) mass is 278 g/mol. The lowest BCUT2D eigenvalue weighted by molar-refractivity contribution is 0.666. The maximum Gasteiger partial charge on any atom is 0.149 e. The first-order valence-corrected chi connectivity index (χ1v) is 6.50. The molecule has 21 heavy (non-hydrogen) atoms. The highest BCUT2D eigenvalue weighted by Crippen LogP contribution is 2.34. The standard InChI is InChI=1S/C15H14N6/c1-9(10-5-3-2-4-6-10)21-14(18)11(7-16)12-13(17)19-8-20-15(12)21/h2-6,8-9H,18H2,1H3,(H2,17,19,20). The highest BCUT2D eigenvalue weighted by Gasteiger charge is 2.22. The SMILES string of the molecule is CC(c1ccccc1)n1c(N)c(C#N)c2c(N)ncnc21. The summed E-state index contributed by atoms with van der Waals surface area (Å²) >= 11 is 0. The van der Waals surface area contributed by atoms with Crippen molar-refractivity contribution in [2.24, 2.45) is 0 Å². The van der Waals surface area contributed by atoms with E-state index in [4.69, 9.17) is 11.5 Å². The fourth-order valence-electron chi connectivity index (χ4n) is 2.56. The second-order valence-corrected chi connectivity index (χ2v) is 4.79. The molecule has 6 heteroatoms. The zero-order valence-corrected chi connectivity index (χ0v) is 11.5. The molecule has 1 unspecified atom stereocenters. The van der Waals surface area contributed by atoms with E-state index in [0.717, 1.165) is 5.56 Å². The third-order valence-corrected chi connectivity index (χ3v) is 3.63. The van der Waals surface area contributed by atoms with Crippen molar-refractivity contribution in [2.45, 2.75) is 13.0 Å². The first-order chi connectivity index (χ1) is 10.1. The molecule has 0 aliphatic heterocycles. The molecular formula is C15H14N6. The number of nitrogen functional groups attached to an aromatic ring is 2. The van der Waals surface area contributed by atoms with E-state index in [2.05, 4.69) is 16.0 Å². The fraction of sp³-hybridized carbons (Fsp3) is 0.133. The highest BCUT2D eigenvalue weighted by molar-refractivity contribution is 5.96. The van der Waals surface area contributed by atoms with Crippen LogP contribution >= 0.6 is 0 Å². The lowest BCUT2D eigenvalue weighted by Crippen LogP contribution is -2.10. The zero-order valence-electron chi connectivity index (χ0n) is 11.5. The quantitative estimate of drug-likeness (QED) is 0.746. The molecule has 0 spiro atoms. The number of nitrogens with two attached hydrogens (primary N) is 2. The van der Waals surface area contributed by atoms with E-state index in [1.807, 2.05) is 41.8 Å². The molecule has 0 saturated carbocycles. The summed E-state index contributed by atoms with van der Waals surface area (Å²) in [5.74, 6) is 0.623. The van der Waals surface area contributed by atoms with Crippen LogP contribution in [-0.2, 0) is 0 Å². The zero-order chi connectivity index (χ0) is 15.0. The van der Waals surface area contributed by atoms with Gasteiger partial charge in [-0.2, -0.15) is 5.26 Å². The Morgan fingerprint density at radius 1 is 1.19 bits per heavy atom. The van der Waals surface area contributed by atoms with Crippen molar-refractivity contribution < 1.29 is 0 Å². The third-order valence-electron chi connectivity index (χ3n) is 3.63. The molecule has 0 aliphatic carbocycles. The Bertz CT molecular complexity index is 844. The van der Waals surface area contributed by atoms with E-state index in [0.29, 0.717) is 22.4 Å². The molecule has 104 valence electrons. The Kier molecular flexibility index (Phi) is 2.95. The Balaban J connectivity index is 2.32. The number of hydrogen-bond donors (Lipinski definition) is 2. The maximum absolute atomic E-state index is 9.35. The number of benzene rings is 1. The molecule has 0 bridgehead atoms. The summed E-state index contributed by atoms with van der Waals surface area (Å²) in [7, 11) is 0. The molecule has 3 aromatic rings. The van der Waals surface area contributed by atoms with Crippen molar-refractivity contribution in [3.05, 3.63) is 47.8 Å². The predicted octanol–water partition coefficient (Wildman–Crippen LogP) is 2.08. The van der Waals surface area contributed by atoms with Gasteiger partial charge in [0.2, 0.25) is 0 Å². The molecule has 4 N–H and O–H groups in total. The molecule has 3 rings (SSSR count). The number of hydrogen-bond acceptors (Lipinski definition) is 5. The molecule has 0 radical (unpaired) electrons. The van der Waals surface area contributed by atoms with Gasteiger partial charge in [-0.15, -0.1) is 0 Å². The smallest absolute Gasteiger partial charge is 0.149 e. The number of aromatic nitrogens is 3. The number of nitrogens with zero attached hydrogens (tertiary/aromatic N) is 4. The van der Waals surface area contributed by atoms with Crippen LogP contribution in [0.15, 0.2) is 36.7 Å². The molecule has 2 aromatic heterocycles. The molecule has 0 aliphatic rings. The average molecular weight is 278 g/mol. The number of nitriles is 1. The summed E-state index contributed by atoms with van der Waals surface area (Å²) in [5.41, 5.74) is 14.0. The molecule has 6 nitrogen and oxygen atoms in total. The van der Waals surface area contributed by atoms with Gasteiger partial charge in [-0.25, -0.2) is 9.97 Å². The molecule has 0 fully saturated rings. The van der Waals surface area contributed by atoms with Crippen LogP contribution in [-0.4, -0.2) is 14.5 Å². The first kappa shape index (κ1) is 12.9. The lowest BCUT2D eigenvalue weighted by atomic mass is 10.1. The van der Waals surface area contributed by atoms with Crippen LogP contribution in [0.5, 0.6) is 0 Å². The van der Waals surface area contributed by atoms with Crippen molar-refractivity contribution in [1.82, 2.24) is 14.5 Å². The van der Waals surface area contributed by atoms with Gasteiger partial charge >= 0.3 is 0 Å². The van der Waals surface area contributed by atoms with Gasteiger partial charge in [0.05, 0.1) is 11.4 Å². The van der Waals surface area contributed by atoms with E-state index >= 15 is 0 Å². The first-order valence-electron chi connectivity index (χ1n) is 6.50. The largest absolute Gasteiger partial charge is 0.384 e. The molecule has 0 amide bonds. The predicted molar refractivity (Wildman–Crippen MR) is 81.3 cm³/mol. The van der Waals surface area contributed by atoms with Gasteiger partial charge in [0.25, 0.3) is 0 Å². The minimum absolute atomic E-state index is 0.0647. The Labute approximate surface area is 121 Å². The van der Waals surface area contributed by atoms with Gasteiger partial charge in [0, 0.05) is 0 Å². The Morgan fingerprint density at radius 2 is 1.90 bits per heavy atom. The Hall–Kier alpha value is -3.07. The van der Waals surface area contributed by atoms with Crippen LogP contribution in [0.3, 0.4) is 0 Å². The van der Waals surface area contributed by atoms with Gasteiger partial charge in [-0.1, -0.05) is 30.3 Å². The van der Waals surface area contributed by atoms with Crippen molar-refractivity contribution in [3.8, 4) is 6.07 Å². The average Bonchev–Trinajstić information content (AvgIpc) is 2.80. The van der Waals surface area contributed by atoms with Gasteiger partial charge in [0.1, 0.15) is 35.2 Å². The van der Waals surface area contributed by atoms with Gasteiger partial charge < -0.3 is 16.0 Å². The van der Waals surface area contributed by atoms with E-state index in [-0.39, 0.29) is 11.9 Å². The lowest BCUT2D eigenvalue weighted by Gasteiger charge is -2.16. The van der Waals surface area contributed by atoms with Crippen molar-refractivity contribution in [3.63, 3.8) is 0 Å². The minimum Gasteiger partial charge on any atom is -0.384 e. The molecule has 0 saturated heterocycles. The maximum atomic E-state index is 9.35. The molecule has 2 heterocycles. The topological polar surface area (TPSA) is 107 Å². The molecule has 1 atom stereocenters. The van der Waals surface area contributed by atoms with E-state index in [1.165, 1.54) is 6.33 Å². The summed E-state index contributed by atoms with van der Waals surface area (Å²) in [6.07, 6.45) is 1.38. The van der Waals surface area contributed by atoms with Gasteiger partial charge in [-0.05, 0) is 12.5 Å². The van der Waals surface area contributed by atoms with Gasteiger partial charge in [-0.3, -0.25) is 0 Å².